The van der Waals surface area contributed by atoms with Gasteiger partial charge >= 0.3 is 0 Å². The minimum absolute atomic E-state index is 0.0648. The quantitative estimate of drug-likeness (QED) is 0.266. The van der Waals surface area contributed by atoms with Crippen molar-refractivity contribution < 1.29 is 27.5 Å². The topological polar surface area (TPSA) is 107 Å². The molecule has 216 valence electrons. The minimum Gasteiger partial charge on any atom is -0.489 e. The van der Waals surface area contributed by atoms with E-state index in [0.29, 0.717) is 27.4 Å². The van der Waals surface area contributed by atoms with Gasteiger partial charge in [-0.05, 0) is 74.6 Å². The van der Waals surface area contributed by atoms with Gasteiger partial charge in [0, 0.05) is 46.4 Å². The number of hydrogen-bond acceptors (Lipinski definition) is 5. The smallest absolute Gasteiger partial charge is 0.251 e. The molecule has 6 rings (SSSR count). The summed E-state index contributed by atoms with van der Waals surface area (Å²) in [6, 6.07) is 8.74. The zero-order valence-corrected chi connectivity index (χ0v) is 23.5. The first-order valence-electron chi connectivity index (χ1n) is 13.4. The van der Waals surface area contributed by atoms with Crippen LogP contribution in [0.3, 0.4) is 0 Å². The van der Waals surface area contributed by atoms with Gasteiger partial charge in [0.2, 0.25) is 5.91 Å². The number of carbonyl (C=O) groups excluding carboxylic acids is 2. The van der Waals surface area contributed by atoms with Gasteiger partial charge in [0.1, 0.15) is 23.5 Å². The molecule has 7 nitrogen and oxygen atoms in total. The van der Waals surface area contributed by atoms with Gasteiger partial charge in [-0.15, -0.1) is 0 Å². The van der Waals surface area contributed by atoms with E-state index in [9.17, 15) is 18.4 Å². The Bertz CT molecular complexity index is 1800. The van der Waals surface area contributed by atoms with Crippen LogP contribution in [0, 0.1) is 30.3 Å². The minimum atomic E-state index is -1.64. The van der Waals surface area contributed by atoms with E-state index in [4.69, 9.17) is 22.1 Å². The third-order valence-electron chi connectivity index (χ3n) is 8.12. The number of fused-ring (bicyclic) bond motifs is 2. The second-order valence-electron chi connectivity index (χ2n) is 11.2. The lowest BCUT2D eigenvalue weighted by Crippen LogP contribution is -2.40. The molecule has 2 aromatic carbocycles. The van der Waals surface area contributed by atoms with Gasteiger partial charge in [0.25, 0.3) is 5.91 Å². The van der Waals surface area contributed by atoms with Crippen molar-refractivity contribution in [2.24, 2.45) is 11.7 Å². The van der Waals surface area contributed by atoms with Crippen LogP contribution in [0.25, 0.3) is 22.2 Å². The first kappa shape index (κ1) is 28.0. The number of benzene rings is 2. The van der Waals surface area contributed by atoms with E-state index >= 15 is 4.39 Å². The van der Waals surface area contributed by atoms with Crippen molar-refractivity contribution in [1.29, 1.82) is 0 Å². The van der Waals surface area contributed by atoms with E-state index in [1.807, 2.05) is 13.0 Å². The Labute approximate surface area is 244 Å². The first-order chi connectivity index (χ1) is 20.0. The fourth-order valence-electron chi connectivity index (χ4n) is 5.45. The number of halogens is 4. The predicted octanol–water partition coefficient (Wildman–Crippen LogP) is 5.73. The van der Waals surface area contributed by atoms with Crippen molar-refractivity contribution in [3.8, 4) is 17.0 Å². The van der Waals surface area contributed by atoms with Crippen LogP contribution in [-0.2, 0) is 10.2 Å². The molecule has 3 heterocycles. The van der Waals surface area contributed by atoms with Crippen LogP contribution in [0.5, 0.6) is 5.75 Å². The van der Waals surface area contributed by atoms with Gasteiger partial charge < -0.3 is 15.8 Å². The lowest BCUT2D eigenvalue weighted by Gasteiger charge is -2.22. The van der Waals surface area contributed by atoms with Crippen molar-refractivity contribution in [2.45, 2.75) is 38.0 Å². The fourth-order valence-corrected chi connectivity index (χ4v) is 5.73. The zero-order chi connectivity index (χ0) is 29.9. The maximum absolute atomic E-state index is 15.0. The van der Waals surface area contributed by atoms with Crippen LogP contribution in [0.15, 0.2) is 42.6 Å². The summed E-state index contributed by atoms with van der Waals surface area (Å²) < 4.78 is 48.8. The van der Waals surface area contributed by atoms with Gasteiger partial charge in [0.05, 0.1) is 10.5 Å². The molecule has 2 aromatic heterocycles. The van der Waals surface area contributed by atoms with Crippen molar-refractivity contribution in [1.82, 2.24) is 15.3 Å². The van der Waals surface area contributed by atoms with E-state index in [2.05, 4.69) is 15.3 Å². The number of primary amides is 1. The van der Waals surface area contributed by atoms with Gasteiger partial charge in [-0.1, -0.05) is 11.6 Å². The Morgan fingerprint density at radius 2 is 1.93 bits per heavy atom. The van der Waals surface area contributed by atoms with Crippen LogP contribution in [-0.4, -0.2) is 34.9 Å². The number of carbonyl (C=O) groups is 2. The Balaban J connectivity index is 1.39. The molecule has 1 aliphatic carbocycles. The number of nitrogens with zero attached hydrogens (tertiary/aromatic N) is 2. The summed E-state index contributed by atoms with van der Waals surface area (Å²) in [5.41, 5.74) is 6.80. The average molecular weight is 595 g/mol. The maximum atomic E-state index is 15.0. The van der Waals surface area contributed by atoms with Gasteiger partial charge in [-0.25, -0.2) is 18.2 Å². The van der Waals surface area contributed by atoms with Gasteiger partial charge in [-0.3, -0.25) is 14.6 Å². The number of pyridine rings is 2. The summed E-state index contributed by atoms with van der Waals surface area (Å²) in [4.78, 5) is 34.8. The third kappa shape index (κ3) is 4.73. The van der Waals surface area contributed by atoms with Crippen LogP contribution in [0.1, 0.15) is 52.9 Å². The molecule has 2 amide bonds. The van der Waals surface area contributed by atoms with E-state index in [1.54, 1.807) is 31.3 Å². The molecule has 2 aliphatic rings. The molecule has 1 saturated carbocycles. The van der Waals surface area contributed by atoms with Crippen LogP contribution < -0.4 is 15.8 Å². The summed E-state index contributed by atoms with van der Waals surface area (Å²) in [5.74, 6) is -5.53. The number of aryl methyl sites for hydroxylation is 1. The normalized spacial score (nSPS) is 18.4. The molecule has 4 aromatic rings. The lowest BCUT2D eigenvalue weighted by molar-refractivity contribution is -0.123. The Morgan fingerprint density at radius 3 is 2.64 bits per heavy atom. The van der Waals surface area contributed by atoms with Crippen molar-refractivity contribution in [2.75, 3.05) is 13.2 Å². The highest BCUT2D eigenvalue weighted by Gasteiger charge is 2.45. The summed E-state index contributed by atoms with van der Waals surface area (Å²) in [5, 5.41) is 4.04. The SMILES string of the molecule is Cc1cnc2c(Cl)cc(C(=O)NC[C@H](c3cc4c(c(-c5ccc(F)c(F)c5F)n3)OC[C@]4(C)C(N)=O)C3CC3)cc2c1. The molecule has 11 heteroatoms. The first-order valence-corrected chi connectivity index (χ1v) is 13.8. The molecule has 3 N–H and O–H groups in total. The molecule has 0 radical (unpaired) electrons. The molecule has 0 unspecified atom stereocenters. The van der Waals surface area contributed by atoms with Gasteiger partial charge in [-0.2, -0.15) is 0 Å². The summed E-state index contributed by atoms with van der Waals surface area (Å²) >= 11 is 6.41. The predicted molar refractivity (Wildman–Crippen MR) is 151 cm³/mol. The molecule has 2 atom stereocenters. The zero-order valence-electron chi connectivity index (χ0n) is 22.7. The van der Waals surface area contributed by atoms with Crippen LogP contribution in [0.4, 0.5) is 13.2 Å². The maximum Gasteiger partial charge on any atom is 0.251 e. The van der Waals surface area contributed by atoms with E-state index in [0.717, 1.165) is 35.9 Å². The average Bonchev–Trinajstić information content (AvgIpc) is 3.73. The molecular formula is C31H26ClF3N4O3. The number of nitrogens with two attached hydrogens (primary N) is 1. The van der Waals surface area contributed by atoms with Gasteiger partial charge in [0.15, 0.2) is 17.5 Å². The molecule has 1 aliphatic heterocycles. The Kier molecular flexibility index (Phi) is 6.84. The monoisotopic (exact) mass is 594 g/mol. The Hall–Kier alpha value is -4.18. The highest BCUT2D eigenvalue weighted by atomic mass is 35.5. The molecular weight excluding hydrogens is 569 g/mol. The van der Waals surface area contributed by atoms with E-state index < -0.39 is 28.8 Å². The van der Waals surface area contributed by atoms with Crippen LogP contribution >= 0.6 is 11.6 Å². The number of amides is 2. The van der Waals surface area contributed by atoms with Crippen molar-refractivity contribution in [3.63, 3.8) is 0 Å². The molecule has 0 spiro atoms. The molecule has 42 heavy (non-hydrogen) atoms. The van der Waals surface area contributed by atoms with E-state index in [1.165, 1.54) is 0 Å². The van der Waals surface area contributed by atoms with Crippen molar-refractivity contribution in [3.05, 3.63) is 87.5 Å². The molecule has 0 saturated heterocycles. The number of nitrogens with one attached hydrogen (secondary N) is 1. The molecule has 1 fully saturated rings. The summed E-state index contributed by atoms with van der Waals surface area (Å²) in [7, 11) is 0. The number of ether oxygens (including phenoxy) is 1. The van der Waals surface area contributed by atoms with Crippen molar-refractivity contribution >= 4 is 34.3 Å². The van der Waals surface area contributed by atoms with Crippen LogP contribution in [0.2, 0.25) is 5.02 Å². The van der Waals surface area contributed by atoms with E-state index in [-0.39, 0.29) is 47.9 Å². The highest BCUT2D eigenvalue weighted by Crippen LogP contribution is 2.48. The number of aromatic nitrogens is 2. The molecule has 0 bridgehead atoms. The largest absolute Gasteiger partial charge is 0.489 e. The standard InChI is InChI=1S/C31H26ClF3N4O3/c1-14-7-16-8-17(9-21(32)26(16)37-11-14)29(40)38-12-19(15-3-4-15)23-10-20-28(42-13-31(20,2)30(36)41)27(39-23)18-5-6-22(33)25(35)24(18)34/h5-11,15,19H,3-4,12-13H2,1-2H3,(H2,36,41)(H,38,40)/t19-,31-/m0/s1. The lowest BCUT2D eigenvalue weighted by atomic mass is 9.82. The summed E-state index contributed by atoms with van der Waals surface area (Å²) in [6.45, 7) is 3.55. The second-order valence-corrected chi connectivity index (χ2v) is 11.6. The second kappa shape index (κ2) is 10.3. The number of rotatable bonds is 7. The highest BCUT2D eigenvalue weighted by molar-refractivity contribution is 6.35. The third-order valence-corrected chi connectivity index (χ3v) is 8.40. The fraction of sp³-hybridized carbons (Fsp3) is 0.290. The summed E-state index contributed by atoms with van der Waals surface area (Å²) in [6.07, 6.45) is 3.43. The number of hydrogen-bond donors (Lipinski definition) is 2. The Morgan fingerprint density at radius 1 is 1.17 bits per heavy atom.